The fraction of sp³-hybridized carbons (Fsp3) is 0.118. The molecular formula is C17H13NO6S. The Kier molecular flexibility index (Phi) is 4.13. The van der Waals surface area contributed by atoms with Crippen LogP contribution in [0.2, 0.25) is 0 Å². The summed E-state index contributed by atoms with van der Waals surface area (Å²) in [5.74, 6) is -2.19. The van der Waals surface area contributed by atoms with Crippen molar-refractivity contribution in [2.24, 2.45) is 0 Å². The van der Waals surface area contributed by atoms with Gasteiger partial charge in [-0.3, -0.25) is 9.59 Å². The predicted molar refractivity (Wildman–Crippen MR) is 86.3 cm³/mol. The Bertz CT molecular complexity index is 943. The molecule has 0 N–H and O–H groups in total. The van der Waals surface area contributed by atoms with E-state index < -0.39 is 27.6 Å². The van der Waals surface area contributed by atoms with E-state index >= 15 is 0 Å². The van der Waals surface area contributed by atoms with Crippen LogP contribution in [0.25, 0.3) is 0 Å². The molecule has 0 fully saturated rings. The number of carbonyl (C=O) groups excluding carboxylic acids is 3. The van der Waals surface area contributed by atoms with Gasteiger partial charge in [0.2, 0.25) is 0 Å². The van der Waals surface area contributed by atoms with E-state index in [-0.39, 0.29) is 22.4 Å². The van der Waals surface area contributed by atoms with Crippen molar-refractivity contribution in [3.63, 3.8) is 0 Å². The van der Waals surface area contributed by atoms with E-state index in [9.17, 15) is 22.8 Å². The van der Waals surface area contributed by atoms with Crippen molar-refractivity contribution in [1.29, 1.82) is 0 Å². The van der Waals surface area contributed by atoms with Crippen LogP contribution in [0.4, 0.5) is 0 Å². The third-order valence-corrected chi connectivity index (χ3v) is 4.78. The van der Waals surface area contributed by atoms with Crippen LogP contribution in [-0.2, 0) is 25.9 Å². The second-order valence-corrected chi connectivity index (χ2v) is 7.52. The zero-order valence-corrected chi connectivity index (χ0v) is 13.9. The maximum Gasteiger partial charge on any atom is 0.337 e. The molecule has 1 heterocycles. The predicted octanol–water partition coefficient (Wildman–Crippen LogP) is 1.39. The van der Waals surface area contributed by atoms with E-state index in [4.69, 9.17) is 4.84 Å². The third-order valence-electron chi connectivity index (χ3n) is 3.65. The average Bonchev–Trinajstić information content (AvgIpc) is 2.80. The molecule has 0 saturated heterocycles. The maximum atomic E-state index is 12.1. The molecule has 2 amide bonds. The summed E-state index contributed by atoms with van der Waals surface area (Å²) in [7, 11) is -3.33. The second-order valence-electron chi connectivity index (χ2n) is 5.51. The number of imide groups is 1. The fourth-order valence-corrected chi connectivity index (χ4v) is 3.04. The molecule has 25 heavy (non-hydrogen) atoms. The summed E-state index contributed by atoms with van der Waals surface area (Å²) < 4.78 is 22.8. The highest BCUT2D eigenvalue weighted by Gasteiger charge is 2.38. The van der Waals surface area contributed by atoms with Crippen molar-refractivity contribution in [1.82, 2.24) is 5.06 Å². The van der Waals surface area contributed by atoms with Crippen LogP contribution < -0.4 is 0 Å². The first-order valence-corrected chi connectivity index (χ1v) is 9.14. The average molecular weight is 359 g/mol. The Balaban J connectivity index is 1.70. The molecule has 8 heteroatoms. The summed E-state index contributed by atoms with van der Waals surface area (Å²) >= 11 is 0. The van der Waals surface area contributed by atoms with Gasteiger partial charge in [-0.25, -0.2) is 13.2 Å². The van der Waals surface area contributed by atoms with Crippen molar-refractivity contribution in [3.8, 4) is 0 Å². The number of rotatable bonds is 4. The summed E-state index contributed by atoms with van der Waals surface area (Å²) in [6.45, 7) is 0. The number of hydrogen-bond donors (Lipinski definition) is 0. The fourth-order valence-electron chi connectivity index (χ4n) is 2.41. The lowest BCUT2D eigenvalue weighted by atomic mass is 10.1. The Hall–Kier alpha value is -3.00. The number of carbonyl (C=O) groups is 3. The van der Waals surface area contributed by atoms with E-state index in [0.29, 0.717) is 10.6 Å². The summed E-state index contributed by atoms with van der Waals surface area (Å²) in [4.78, 5) is 41.3. The molecule has 0 atom stereocenters. The number of sulfone groups is 1. The Labute approximate surface area is 143 Å². The molecule has 1 aliphatic rings. The molecule has 128 valence electrons. The van der Waals surface area contributed by atoms with Gasteiger partial charge >= 0.3 is 5.97 Å². The molecule has 0 spiro atoms. The third kappa shape index (κ3) is 3.29. The van der Waals surface area contributed by atoms with Crippen molar-refractivity contribution in [2.45, 2.75) is 11.3 Å². The lowest BCUT2D eigenvalue weighted by Crippen LogP contribution is -2.33. The van der Waals surface area contributed by atoms with Gasteiger partial charge in [0.25, 0.3) is 11.8 Å². The SMILES string of the molecule is CS(=O)(=O)c1ccc(CC(=O)ON2C(=O)c3ccccc3C2=O)cc1. The van der Waals surface area contributed by atoms with E-state index in [2.05, 4.69) is 0 Å². The highest BCUT2D eigenvalue weighted by molar-refractivity contribution is 7.90. The lowest BCUT2D eigenvalue weighted by Gasteiger charge is -2.12. The van der Waals surface area contributed by atoms with E-state index in [1.807, 2.05) is 0 Å². The Morgan fingerprint density at radius 1 is 0.960 bits per heavy atom. The van der Waals surface area contributed by atoms with Gasteiger partial charge in [-0.05, 0) is 29.8 Å². The number of hydroxylamine groups is 2. The quantitative estimate of drug-likeness (QED) is 0.765. The van der Waals surface area contributed by atoms with Crippen LogP contribution in [0.15, 0.2) is 53.4 Å². The molecule has 0 radical (unpaired) electrons. The molecule has 0 aliphatic carbocycles. The van der Waals surface area contributed by atoms with Crippen LogP contribution in [-0.4, -0.2) is 37.5 Å². The first-order chi connectivity index (χ1) is 11.8. The minimum Gasteiger partial charge on any atom is -0.329 e. The first kappa shape index (κ1) is 16.8. The Morgan fingerprint density at radius 3 is 1.96 bits per heavy atom. The van der Waals surface area contributed by atoms with Crippen LogP contribution >= 0.6 is 0 Å². The highest BCUT2D eigenvalue weighted by atomic mass is 32.2. The largest absolute Gasteiger partial charge is 0.337 e. The topological polar surface area (TPSA) is 97.8 Å². The van der Waals surface area contributed by atoms with Crippen molar-refractivity contribution in [2.75, 3.05) is 6.26 Å². The molecule has 3 rings (SSSR count). The van der Waals surface area contributed by atoms with E-state index in [0.717, 1.165) is 6.26 Å². The minimum absolute atomic E-state index is 0.130. The van der Waals surface area contributed by atoms with Crippen molar-refractivity contribution in [3.05, 3.63) is 65.2 Å². The van der Waals surface area contributed by atoms with Crippen LogP contribution in [0.1, 0.15) is 26.3 Å². The van der Waals surface area contributed by atoms with E-state index in [1.54, 1.807) is 12.1 Å². The van der Waals surface area contributed by atoms with Crippen LogP contribution in [0.5, 0.6) is 0 Å². The lowest BCUT2D eigenvalue weighted by molar-refractivity contribution is -0.167. The van der Waals surface area contributed by atoms with Gasteiger partial charge in [-0.2, -0.15) is 0 Å². The van der Waals surface area contributed by atoms with Gasteiger partial charge < -0.3 is 4.84 Å². The zero-order valence-electron chi connectivity index (χ0n) is 13.1. The molecule has 7 nitrogen and oxygen atoms in total. The van der Waals surface area contributed by atoms with Gasteiger partial charge in [-0.15, -0.1) is 0 Å². The number of nitrogens with zero attached hydrogens (tertiary/aromatic N) is 1. The number of hydrogen-bond acceptors (Lipinski definition) is 6. The van der Waals surface area contributed by atoms with Crippen LogP contribution in [0.3, 0.4) is 0 Å². The summed E-state index contributed by atoms with van der Waals surface area (Å²) in [6, 6.07) is 11.9. The minimum atomic E-state index is -3.33. The normalized spacial score (nSPS) is 13.7. The molecular weight excluding hydrogens is 346 g/mol. The molecule has 2 aromatic carbocycles. The van der Waals surface area contributed by atoms with Crippen LogP contribution in [0, 0.1) is 0 Å². The highest BCUT2D eigenvalue weighted by Crippen LogP contribution is 2.23. The standard InChI is InChI=1S/C17H13NO6S/c1-25(22,23)12-8-6-11(7-9-12)10-15(19)24-18-16(20)13-4-2-3-5-14(13)17(18)21/h2-9H,10H2,1H3. The number of benzene rings is 2. The number of fused-ring (bicyclic) bond motifs is 1. The van der Waals surface area contributed by atoms with Gasteiger partial charge in [0.1, 0.15) is 0 Å². The molecule has 0 bridgehead atoms. The van der Waals surface area contributed by atoms with Gasteiger partial charge in [0, 0.05) is 6.26 Å². The molecule has 2 aromatic rings. The summed E-state index contributed by atoms with van der Waals surface area (Å²) in [6.07, 6.45) is 0.871. The summed E-state index contributed by atoms with van der Waals surface area (Å²) in [5.41, 5.74) is 0.851. The molecule has 0 unspecified atom stereocenters. The first-order valence-electron chi connectivity index (χ1n) is 7.25. The van der Waals surface area contributed by atoms with Gasteiger partial charge in [0.05, 0.1) is 22.4 Å². The zero-order chi connectivity index (χ0) is 18.2. The Morgan fingerprint density at radius 2 is 1.48 bits per heavy atom. The molecule has 1 aliphatic heterocycles. The maximum absolute atomic E-state index is 12.1. The van der Waals surface area contributed by atoms with Crippen molar-refractivity contribution >= 4 is 27.6 Å². The van der Waals surface area contributed by atoms with Crippen molar-refractivity contribution < 1.29 is 27.6 Å². The van der Waals surface area contributed by atoms with Gasteiger partial charge in [0.15, 0.2) is 9.84 Å². The number of amides is 2. The summed E-state index contributed by atoms with van der Waals surface area (Å²) in [5, 5.41) is 0.442. The monoisotopic (exact) mass is 359 g/mol. The van der Waals surface area contributed by atoms with Gasteiger partial charge in [-0.1, -0.05) is 29.3 Å². The molecule has 0 aromatic heterocycles. The smallest absolute Gasteiger partial charge is 0.329 e. The van der Waals surface area contributed by atoms with E-state index in [1.165, 1.54) is 36.4 Å². The molecule has 0 saturated carbocycles. The second kappa shape index (κ2) is 6.14.